The fourth-order valence-corrected chi connectivity index (χ4v) is 2.13. The summed E-state index contributed by atoms with van der Waals surface area (Å²) in [4.78, 5) is 12.1. The van der Waals surface area contributed by atoms with Crippen molar-refractivity contribution in [2.45, 2.75) is 6.92 Å². The van der Waals surface area contributed by atoms with E-state index < -0.39 is 0 Å². The molecule has 2 aromatic carbocycles. The van der Waals surface area contributed by atoms with Crippen LogP contribution in [0.25, 0.3) is 6.08 Å². The van der Waals surface area contributed by atoms with E-state index >= 15 is 0 Å². The minimum absolute atomic E-state index is 0.196. The maximum absolute atomic E-state index is 12.1. The van der Waals surface area contributed by atoms with E-state index in [-0.39, 0.29) is 5.91 Å². The van der Waals surface area contributed by atoms with Crippen molar-refractivity contribution in [1.29, 1.82) is 0 Å². The highest BCUT2D eigenvalue weighted by atomic mass is 35.5. The second-order valence-electron chi connectivity index (χ2n) is 4.32. The lowest BCUT2D eigenvalue weighted by atomic mass is 10.1. The lowest BCUT2D eigenvalue weighted by Crippen LogP contribution is -2.12. The van der Waals surface area contributed by atoms with Gasteiger partial charge in [0.05, 0.1) is 10.7 Å². The molecule has 0 atom stereocenters. The monoisotopic (exact) mass is 305 g/mol. The van der Waals surface area contributed by atoms with E-state index in [1.165, 1.54) is 0 Å². The van der Waals surface area contributed by atoms with Gasteiger partial charge in [0.2, 0.25) is 0 Å². The maximum Gasteiger partial charge on any atom is 0.251 e. The molecule has 0 radical (unpaired) electrons. The summed E-state index contributed by atoms with van der Waals surface area (Å²) in [5.41, 5.74) is 2.12. The molecule has 2 aromatic rings. The van der Waals surface area contributed by atoms with Crippen LogP contribution in [0.15, 0.2) is 54.1 Å². The van der Waals surface area contributed by atoms with Gasteiger partial charge >= 0.3 is 0 Å². The fourth-order valence-electron chi connectivity index (χ4n) is 1.68. The van der Waals surface area contributed by atoms with E-state index in [2.05, 4.69) is 5.32 Å². The summed E-state index contributed by atoms with van der Waals surface area (Å²) in [6, 6.07) is 14.6. The molecule has 0 unspecified atom stereocenters. The van der Waals surface area contributed by atoms with Crippen molar-refractivity contribution in [3.8, 4) is 0 Å². The summed E-state index contributed by atoms with van der Waals surface area (Å²) in [7, 11) is 0. The van der Waals surface area contributed by atoms with Gasteiger partial charge < -0.3 is 5.32 Å². The van der Waals surface area contributed by atoms with Crippen LogP contribution in [0, 0.1) is 0 Å². The van der Waals surface area contributed by atoms with Gasteiger partial charge in [0.1, 0.15) is 0 Å². The average Bonchev–Trinajstić information content (AvgIpc) is 2.43. The molecule has 0 saturated heterocycles. The molecule has 4 heteroatoms. The van der Waals surface area contributed by atoms with Gasteiger partial charge in [0.25, 0.3) is 5.91 Å². The standard InChI is InChI=1S/C16H13Cl2NO/c1-11(9-12-5-3-2-4-6-12)16(20)19-15-8-7-13(17)10-14(15)18/h2-10H,1H3,(H,19,20)/b11-9+. The lowest BCUT2D eigenvalue weighted by Gasteiger charge is -2.07. The van der Waals surface area contributed by atoms with Gasteiger partial charge in [-0.05, 0) is 36.8 Å². The zero-order chi connectivity index (χ0) is 14.5. The molecule has 0 aromatic heterocycles. The number of rotatable bonds is 3. The zero-order valence-corrected chi connectivity index (χ0v) is 12.4. The summed E-state index contributed by atoms with van der Waals surface area (Å²) in [6.45, 7) is 1.76. The Morgan fingerprint density at radius 3 is 2.45 bits per heavy atom. The highest BCUT2D eigenvalue weighted by Gasteiger charge is 2.08. The smallest absolute Gasteiger partial charge is 0.251 e. The van der Waals surface area contributed by atoms with Crippen molar-refractivity contribution in [3.63, 3.8) is 0 Å². The summed E-state index contributed by atoms with van der Waals surface area (Å²) in [5, 5.41) is 3.71. The molecule has 2 nitrogen and oxygen atoms in total. The van der Waals surface area contributed by atoms with Crippen LogP contribution in [0.5, 0.6) is 0 Å². The summed E-state index contributed by atoms with van der Waals surface area (Å²) in [5.74, 6) is -0.196. The number of carbonyl (C=O) groups excluding carboxylic acids is 1. The number of hydrogen-bond donors (Lipinski definition) is 1. The van der Waals surface area contributed by atoms with E-state index in [0.29, 0.717) is 21.3 Å². The van der Waals surface area contributed by atoms with Gasteiger partial charge in [-0.3, -0.25) is 4.79 Å². The van der Waals surface area contributed by atoms with E-state index in [0.717, 1.165) is 5.56 Å². The van der Waals surface area contributed by atoms with Crippen molar-refractivity contribution in [2.75, 3.05) is 5.32 Å². The number of hydrogen-bond acceptors (Lipinski definition) is 1. The quantitative estimate of drug-likeness (QED) is 0.791. The molecule has 0 fully saturated rings. The number of nitrogens with one attached hydrogen (secondary N) is 1. The third-order valence-electron chi connectivity index (χ3n) is 2.72. The molecule has 0 spiro atoms. The fraction of sp³-hybridized carbons (Fsp3) is 0.0625. The van der Waals surface area contributed by atoms with E-state index in [1.807, 2.05) is 36.4 Å². The van der Waals surface area contributed by atoms with Crippen molar-refractivity contribution >= 4 is 40.9 Å². The predicted molar refractivity (Wildman–Crippen MR) is 85.2 cm³/mol. The largest absolute Gasteiger partial charge is 0.321 e. The summed E-state index contributed by atoms with van der Waals surface area (Å²) >= 11 is 11.8. The summed E-state index contributed by atoms with van der Waals surface area (Å²) < 4.78 is 0. The molecule has 0 bridgehead atoms. The number of halogens is 2. The second kappa shape index (κ2) is 6.60. The first-order chi connectivity index (χ1) is 9.56. The van der Waals surface area contributed by atoms with Crippen LogP contribution in [0.3, 0.4) is 0 Å². The van der Waals surface area contributed by atoms with Crippen molar-refractivity contribution in [2.24, 2.45) is 0 Å². The first-order valence-corrected chi connectivity index (χ1v) is 6.81. The number of carbonyl (C=O) groups is 1. The highest BCUT2D eigenvalue weighted by molar-refractivity contribution is 6.36. The predicted octanol–water partition coefficient (Wildman–Crippen LogP) is 5.04. The number of anilines is 1. The van der Waals surface area contributed by atoms with E-state index in [1.54, 1.807) is 25.1 Å². The first kappa shape index (κ1) is 14.6. The van der Waals surface area contributed by atoms with Crippen molar-refractivity contribution < 1.29 is 4.79 Å². The Labute approximate surface area is 128 Å². The van der Waals surface area contributed by atoms with Crippen LogP contribution < -0.4 is 5.32 Å². The maximum atomic E-state index is 12.1. The molecule has 1 N–H and O–H groups in total. The van der Waals surface area contributed by atoms with Crippen LogP contribution in [0.4, 0.5) is 5.69 Å². The molecule has 20 heavy (non-hydrogen) atoms. The molecule has 0 aliphatic carbocycles. The van der Waals surface area contributed by atoms with Gasteiger partial charge in [-0.1, -0.05) is 53.5 Å². The number of benzene rings is 2. The molecule has 0 saturated carbocycles. The summed E-state index contributed by atoms with van der Waals surface area (Å²) in [6.07, 6.45) is 1.82. The SMILES string of the molecule is C/C(=C\c1ccccc1)C(=O)Nc1ccc(Cl)cc1Cl. The molecular weight excluding hydrogens is 293 g/mol. The Morgan fingerprint density at radius 1 is 1.10 bits per heavy atom. The first-order valence-electron chi connectivity index (χ1n) is 6.06. The van der Waals surface area contributed by atoms with Crippen LogP contribution >= 0.6 is 23.2 Å². The average molecular weight is 306 g/mol. The zero-order valence-electron chi connectivity index (χ0n) is 10.9. The third kappa shape index (κ3) is 3.86. The van der Waals surface area contributed by atoms with Crippen molar-refractivity contribution in [1.82, 2.24) is 0 Å². The van der Waals surface area contributed by atoms with Crippen molar-refractivity contribution in [3.05, 3.63) is 69.7 Å². The molecule has 2 rings (SSSR count). The molecule has 0 aliphatic rings. The van der Waals surface area contributed by atoms with Crippen LogP contribution in [0.2, 0.25) is 10.0 Å². The molecule has 0 aliphatic heterocycles. The second-order valence-corrected chi connectivity index (χ2v) is 5.16. The van der Waals surface area contributed by atoms with Crippen LogP contribution in [-0.2, 0) is 4.79 Å². The normalized spacial score (nSPS) is 11.2. The van der Waals surface area contributed by atoms with E-state index in [9.17, 15) is 4.79 Å². The number of amides is 1. The molecule has 0 heterocycles. The third-order valence-corrected chi connectivity index (χ3v) is 3.27. The highest BCUT2D eigenvalue weighted by Crippen LogP contribution is 2.25. The van der Waals surface area contributed by atoms with Crippen LogP contribution in [-0.4, -0.2) is 5.91 Å². The Bertz CT molecular complexity index is 651. The molecule has 102 valence electrons. The molecular formula is C16H13Cl2NO. The van der Waals surface area contributed by atoms with Gasteiger partial charge in [-0.15, -0.1) is 0 Å². The van der Waals surface area contributed by atoms with Gasteiger partial charge in [-0.25, -0.2) is 0 Å². The lowest BCUT2D eigenvalue weighted by molar-refractivity contribution is -0.112. The Balaban J connectivity index is 2.14. The van der Waals surface area contributed by atoms with Crippen LogP contribution in [0.1, 0.15) is 12.5 Å². The van der Waals surface area contributed by atoms with Gasteiger partial charge in [-0.2, -0.15) is 0 Å². The molecule has 1 amide bonds. The van der Waals surface area contributed by atoms with E-state index in [4.69, 9.17) is 23.2 Å². The minimum atomic E-state index is -0.196. The Hall–Kier alpha value is -1.77. The Morgan fingerprint density at radius 2 is 1.80 bits per heavy atom. The minimum Gasteiger partial charge on any atom is -0.321 e. The van der Waals surface area contributed by atoms with Gasteiger partial charge in [0, 0.05) is 10.6 Å². The van der Waals surface area contributed by atoms with Gasteiger partial charge in [0.15, 0.2) is 0 Å². The Kier molecular flexibility index (Phi) is 4.83. The topological polar surface area (TPSA) is 29.1 Å².